The van der Waals surface area contributed by atoms with Crippen LogP contribution in [0.25, 0.3) is 0 Å². The molecule has 25 heavy (non-hydrogen) atoms. The van der Waals surface area contributed by atoms with E-state index in [1.54, 1.807) is 18.2 Å². The molecule has 2 aromatic rings. The second-order valence-corrected chi connectivity index (χ2v) is 6.18. The zero-order valence-electron chi connectivity index (χ0n) is 13.7. The quantitative estimate of drug-likeness (QED) is 0.874. The molecule has 2 atom stereocenters. The van der Waals surface area contributed by atoms with E-state index >= 15 is 0 Å². The first-order valence-corrected chi connectivity index (χ1v) is 8.04. The molecule has 0 unspecified atom stereocenters. The third kappa shape index (κ3) is 4.02. The lowest BCUT2D eigenvalue weighted by molar-refractivity contribution is -0.122. The fraction of sp³-hybridized carbons (Fsp3) is 0.263. The summed E-state index contributed by atoms with van der Waals surface area (Å²) in [4.78, 5) is 23.3. The lowest BCUT2D eigenvalue weighted by Crippen LogP contribution is -2.25. The van der Waals surface area contributed by atoms with Crippen molar-refractivity contribution in [3.8, 4) is 0 Å². The molecule has 1 saturated carbocycles. The van der Waals surface area contributed by atoms with E-state index in [1.165, 1.54) is 25.1 Å². The molecule has 4 nitrogen and oxygen atoms in total. The van der Waals surface area contributed by atoms with Gasteiger partial charge < -0.3 is 10.6 Å². The predicted molar refractivity (Wildman–Crippen MR) is 89.8 cm³/mol. The van der Waals surface area contributed by atoms with Crippen molar-refractivity contribution < 1.29 is 18.4 Å². The summed E-state index contributed by atoms with van der Waals surface area (Å²) in [7, 11) is 0. The Kier molecular flexibility index (Phi) is 4.79. The lowest BCUT2D eigenvalue weighted by Gasteiger charge is -2.08. The largest absolute Gasteiger partial charge is 0.352 e. The van der Waals surface area contributed by atoms with Crippen LogP contribution in [0, 0.1) is 17.6 Å². The molecule has 1 aliphatic carbocycles. The molecule has 0 saturated heterocycles. The highest BCUT2D eigenvalue weighted by Gasteiger charge is 2.46. The monoisotopic (exact) mass is 344 g/mol. The van der Waals surface area contributed by atoms with Gasteiger partial charge in [0.05, 0.1) is 0 Å². The van der Waals surface area contributed by atoms with E-state index in [2.05, 4.69) is 10.6 Å². The Hall–Kier alpha value is -2.76. The molecular weight excluding hydrogens is 326 g/mol. The smallest absolute Gasteiger partial charge is 0.224 e. The molecule has 130 valence electrons. The normalized spacial score (nSPS) is 18.5. The van der Waals surface area contributed by atoms with Gasteiger partial charge in [-0.1, -0.05) is 18.2 Å². The number of amides is 2. The van der Waals surface area contributed by atoms with Crippen LogP contribution < -0.4 is 10.6 Å². The highest BCUT2D eigenvalue weighted by Crippen LogP contribution is 2.49. The summed E-state index contributed by atoms with van der Waals surface area (Å²) in [5, 5.41) is 5.46. The molecule has 6 heteroatoms. The molecule has 0 heterocycles. The minimum absolute atomic E-state index is 0.00435. The average Bonchev–Trinajstić information content (AvgIpc) is 3.32. The number of nitrogens with one attached hydrogen (secondary N) is 2. The van der Waals surface area contributed by atoms with Gasteiger partial charge in [-0.3, -0.25) is 9.59 Å². The van der Waals surface area contributed by atoms with Crippen LogP contribution in [-0.4, -0.2) is 11.8 Å². The SMILES string of the molecule is CC(=O)Nc1cccc(CNC(=O)[C@@H]2C[C@H]2c2c(F)cccc2F)c1. The minimum atomic E-state index is -0.608. The van der Waals surface area contributed by atoms with Crippen molar-refractivity contribution in [1.29, 1.82) is 0 Å². The van der Waals surface area contributed by atoms with Crippen LogP contribution in [-0.2, 0) is 16.1 Å². The first-order chi connectivity index (χ1) is 12.0. The van der Waals surface area contributed by atoms with E-state index < -0.39 is 23.5 Å². The number of anilines is 1. The van der Waals surface area contributed by atoms with Gasteiger partial charge in [-0.05, 0) is 36.2 Å². The lowest BCUT2D eigenvalue weighted by atomic mass is 10.1. The third-order valence-electron chi connectivity index (χ3n) is 4.21. The van der Waals surface area contributed by atoms with Crippen LogP contribution in [0.1, 0.15) is 30.4 Å². The van der Waals surface area contributed by atoms with Gasteiger partial charge in [-0.25, -0.2) is 8.78 Å². The second-order valence-electron chi connectivity index (χ2n) is 6.18. The fourth-order valence-corrected chi connectivity index (χ4v) is 2.95. The minimum Gasteiger partial charge on any atom is -0.352 e. The Morgan fingerprint density at radius 3 is 2.48 bits per heavy atom. The summed E-state index contributed by atoms with van der Waals surface area (Å²) in [6, 6.07) is 10.9. The maximum atomic E-state index is 13.8. The molecule has 2 amide bonds. The van der Waals surface area contributed by atoms with Crippen molar-refractivity contribution in [2.75, 3.05) is 5.32 Å². The zero-order chi connectivity index (χ0) is 18.0. The summed E-state index contributed by atoms with van der Waals surface area (Å²) in [5.41, 5.74) is 1.47. The van der Waals surface area contributed by atoms with Crippen LogP contribution in [0.4, 0.5) is 14.5 Å². The van der Waals surface area contributed by atoms with Crippen molar-refractivity contribution in [2.45, 2.75) is 25.8 Å². The van der Waals surface area contributed by atoms with Gasteiger partial charge in [-0.2, -0.15) is 0 Å². The zero-order valence-corrected chi connectivity index (χ0v) is 13.7. The summed E-state index contributed by atoms with van der Waals surface area (Å²) in [6.07, 6.45) is 0.440. The summed E-state index contributed by atoms with van der Waals surface area (Å²) >= 11 is 0. The molecular formula is C19H18F2N2O2. The van der Waals surface area contributed by atoms with Crippen molar-refractivity contribution in [3.05, 3.63) is 65.2 Å². The van der Waals surface area contributed by atoms with E-state index in [0.29, 0.717) is 12.1 Å². The van der Waals surface area contributed by atoms with Crippen molar-refractivity contribution >= 4 is 17.5 Å². The topological polar surface area (TPSA) is 58.2 Å². The Morgan fingerprint density at radius 2 is 1.80 bits per heavy atom. The summed E-state index contributed by atoms with van der Waals surface area (Å²) in [5.74, 6) is -2.44. The number of hydrogen-bond acceptors (Lipinski definition) is 2. The first kappa shape index (κ1) is 17.1. The maximum absolute atomic E-state index is 13.8. The van der Waals surface area contributed by atoms with Gasteiger partial charge in [0.2, 0.25) is 11.8 Å². The number of carbonyl (C=O) groups excluding carboxylic acids is 2. The Morgan fingerprint density at radius 1 is 1.12 bits per heavy atom. The van der Waals surface area contributed by atoms with Gasteiger partial charge in [-0.15, -0.1) is 0 Å². The third-order valence-corrected chi connectivity index (χ3v) is 4.21. The highest BCUT2D eigenvalue weighted by molar-refractivity contribution is 5.88. The Balaban J connectivity index is 1.59. The van der Waals surface area contributed by atoms with Gasteiger partial charge in [0.25, 0.3) is 0 Å². The molecule has 0 aliphatic heterocycles. The van der Waals surface area contributed by atoms with Crippen LogP contribution in [0.5, 0.6) is 0 Å². The van der Waals surface area contributed by atoms with Crippen molar-refractivity contribution in [2.24, 2.45) is 5.92 Å². The molecule has 0 radical (unpaired) electrons. The van der Waals surface area contributed by atoms with Gasteiger partial charge in [0.15, 0.2) is 0 Å². The maximum Gasteiger partial charge on any atom is 0.224 e. The molecule has 0 aromatic heterocycles. The van der Waals surface area contributed by atoms with Gasteiger partial charge >= 0.3 is 0 Å². The molecule has 1 aliphatic rings. The van der Waals surface area contributed by atoms with E-state index in [1.807, 2.05) is 6.07 Å². The molecule has 2 aromatic carbocycles. The molecule has 0 bridgehead atoms. The molecule has 0 spiro atoms. The standard InChI is InChI=1S/C19H18F2N2O2/c1-11(24)23-13-5-2-4-12(8-13)10-22-19(25)15-9-14(15)18-16(20)6-3-7-17(18)21/h2-8,14-15H,9-10H2,1H3,(H,22,25)(H,23,24)/t14-,15-/m1/s1. The number of rotatable bonds is 5. The summed E-state index contributed by atoms with van der Waals surface area (Å²) in [6.45, 7) is 1.71. The van der Waals surface area contributed by atoms with Crippen LogP contribution >= 0.6 is 0 Å². The van der Waals surface area contributed by atoms with E-state index in [-0.39, 0.29) is 23.9 Å². The van der Waals surface area contributed by atoms with Crippen molar-refractivity contribution in [1.82, 2.24) is 5.32 Å². The molecule has 3 rings (SSSR count). The number of hydrogen-bond donors (Lipinski definition) is 2. The van der Waals surface area contributed by atoms with Gasteiger partial charge in [0.1, 0.15) is 11.6 Å². The van der Waals surface area contributed by atoms with Gasteiger partial charge in [0, 0.05) is 36.6 Å². The predicted octanol–water partition coefficient (Wildman–Crippen LogP) is 3.34. The Bertz CT molecular complexity index is 803. The van der Waals surface area contributed by atoms with Crippen molar-refractivity contribution in [3.63, 3.8) is 0 Å². The summed E-state index contributed by atoms with van der Waals surface area (Å²) < 4.78 is 27.5. The molecule has 1 fully saturated rings. The first-order valence-electron chi connectivity index (χ1n) is 8.04. The van der Waals surface area contributed by atoms with Crippen LogP contribution in [0.15, 0.2) is 42.5 Å². The Labute approximate surface area is 144 Å². The number of halogens is 2. The highest BCUT2D eigenvalue weighted by atomic mass is 19.1. The van der Waals surface area contributed by atoms with E-state index in [0.717, 1.165) is 5.56 Å². The average molecular weight is 344 g/mol. The van der Waals surface area contributed by atoms with E-state index in [4.69, 9.17) is 0 Å². The fourth-order valence-electron chi connectivity index (χ4n) is 2.95. The van der Waals surface area contributed by atoms with Crippen LogP contribution in [0.3, 0.4) is 0 Å². The van der Waals surface area contributed by atoms with E-state index in [9.17, 15) is 18.4 Å². The van der Waals surface area contributed by atoms with Crippen LogP contribution in [0.2, 0.25) is 0 Å². The number of carbonyl (C=O) groups is 2. The second kappa shape index (κ2) is 7.01. The number of benzene rings is 2. The molecule has 2 N–H and O–H groups in total.